The second-order valence-electron chi connectivity index (χ2n) is 4.42. The molecule has 0 fully saturated rings. The summed E-state index contributed by atoms with van der Waals surface area (Å²) in [5.74, 6) is -1.18. The molecule has 0 aromatic heterocycles. The Morgan fingerprint density at radius 3 is 2.50 bits per heavy atom. The van der Waals surface area contributed by atoms with E-state index in [1.165, 1.54) is 0 Å². The molecule has 0 radical (unpaired) electrons. The van der Waals surface area contributed by atoms with Crippen LogP contribution in [0.3, 0.4) is 0 Å². The minimum Gasteiger partial charge on any atom is -0.480 e. The van der Waals surface area contributed by atoms with Crippen molar-refractivity contribution in [1.82, 2.24) is 5.32 Å². The van der Waals surface area contributed by atoms with Gasteiger partial charge in [0.25, 0.3) is 0 Å². The standard InChI is InChI=1S/C13H16Br2N2O3/c1-3-7(2)11(12(18)19)17-13(20)16-10-5-4-8(14)6-9(10)15/h4-7,11H,3H2,1-2H3,(H,18,19)(H2,16,17,20)/t7?,11-/m0/s1. The molecule has 1 unspecified atom stereocenters. The average Bonchev–Trinajstić information content (AvgIpc) is 2.38. The van der Waals surface area contributed by atoms with Gasteiger partial charge in [0.2, 0.25) is 0 Å². The smallest absolute Gasteiger partial charge is 0.326 e. The molecule has 0 spiro atoms. The Kier molecular flexibility index (Phi) is 6.48. The lowest BCUT2D eigenvalue weighted by molar-refractivity contribution is -0.140. The van der Waals surface area contributed by atoms with E-state index in [2.05, 4.69) is 42.5 Å². The summed E-state index contributed by atoms with van der Waals surface area (Å²) in [6.07, 6.45) is 0.666. The number of amides is 2. The van der Waals surface area contributed by atoms with Crippen molar-refractivity contribution in [3.63, 3.8) is 0 Å². The highest BCUT2D eigenvalue weighted by molar-refractivity contribution is 9.11. The maximum absolute atomic E-state index is 11.9. The zero-order chi connectivity index (χ0) is 15.3. The SMILES string of the molecule is CCC(C)[C@H](NC(=O)Nc1ccc(Br)cc1Br)C(=O)O. The molecule has 0 bridgehead atoms. The molecule has 1 rings (SSSR count). The molecule has 0 aliphatic carbocycles. The van der Waals surface area contributed by atoms with Crippen LogP contribution in [0.5, 0.6) is 0 Å². The van der Waals surface area contributed by atoms with Crippen molar-refractivity contribution in [3.05, 3.63) is 27.1 Å². The lowest BCUT2D eigenvalue weighted by atomic mass is 9.99. The van der Waals surface area contributed by atoms with Gasteiger partial charge in [0, 0.05) is 8.95 Å². The highest BCUT2D eigenvalue weighted by atomic mass is 79.9. The molecule has 0 aliphatic rings. The number of carbonyl (C=O) groups is 2. The first-order valence-corrected chi connectivity index (χ1v) is 7.69. The van der Waals surface area contributed by atoms with Crippen LogP contribution in [0, 0.1) is 5.92 Å². The fourth-order valence-electron chi connectivity index (χ4n) is 1.57. The van der Waals surface area contributed by atoms with Gasteiger partial charge in [0.1, 0.15) is 6.04 Å². The number of benzene rings is 1. The summed E-state index contributed by atoms with van der Waals surface area (Å²) in [6.45, 7) is 3.67. The van der Waals surface area contributed by atoms with E-state index < -0.39 is 18.0 Å². The fraction of sp³-hybridized carbons (Fsp3) is 0.385. The van der Waals surface area contributed by atoms with Gasteiger partial charge in [0.15, 0.2) is 0 Å². The zero-order valence-corrected chi connectivity index (χ0v) is 14.3. The van der Waals surface area contributed by atoms with Gasteiger partial charge in [-0.25, -0.2) is 9.59 Å². The van der Waals surface area contributed by atoms with E-state index in [9.17, 15) is 9.59 Å². The van der Waals surface area contributed by atoms with Crippen LogP contribution in [0.2, 0.25) is 0 Å². The van der Waals surface area contributed by atoms with Crippen molar-refractivity contribution >= 4 is 49.5 Å². The Hall–Kier alpha value is -1.08. The summed E-state index contributed by atoms with van der Waals surface area (Å²) in [5, 5.41) is 14.2. The molecule has 1 aromatic rings. The molecule has 3 N–H and O–H groups in total. The first kappa shape index (κ1) is 17.0. The molecule has 7 heteroatoms. The highest BCUT2D eigenvalue weighted by Crippen LogP contribution is 2.26. The van der Waals surface area contributed by atoms with Crippen LogP contribution in [0.1, 0.15) is 20.3 Å². The van der Waals surface area contributed by atoms with E-state index in [1.807, 2.05) is 6.92 Å². The average molecular weight is 408 g/mol. The quantitative estimate of drug-likeness (QED) is 0.693. The molecule has 0 heterocycles. The molecule has 5 nitrogen and oxygen atoms in total. The molecule has 0 aliphatic heterocycles. The van der Waals surface area contributed by atoms with Crippen molar-refractivity contribution < 1.29 is 14.7 Å². The summed E-state index contributed by atoms with van der Waals surface area (Å²) >= 11 is 6.64. The maximum atomic E-state index is 11.9. The topological polar surface area (TPSA) is 78.4 Å². The Labute approximate surface area is 134 Å². The van der Waals surface area contributed by atoms with Crippen LogP contribution in [0.4, 0.5) is 10.5 Å². The van der Waals surface area contributed by atoms with Gasteiger partial charge in [-0.15, -0.1) is 0 Å². The largest absolute Gasteiger partial charge is 0.480 e. The molecule has 20 heavy (non-hydrogen) atoms. The van der Waals surface area contributed by atoms with Crippen LogP contribution >= 0.6 is 31.9 Å². The van der Waals surface area contributed by atoms with E-state index in [1.54, 1.807) is 25.1 Å². The third-order valence-corrected chi connectivity index (χ3v) is 4.09. The molecular formula is C13H16Br2N2O3. The van der Waals surface area contributed by atoms with Gasteiger partial charge in [-0.05, 0) is 40.0 Å². The number of carboxylic acid groups (broad SMARTS) is 1. The number of carboxylic acids is 1. The predicted octanol–water partition coefficient (Wildman–Crippen LogP) is 3.83. The summed E-state index contributed by atoms with van der Waals surface area (Å²) in [5.41, 5.74) is 0.569. The molecule has 2 atom stereocenters. The van der Waals surface area contributed by atoms with Gasteiger partial charge >= 0.3 is 12.0 Å². The van der Waals surface area contributed by atoms with Crippen LogP contribution < -0.4 is 10.6 Å². The molecule has 2 amide bonds. The summed E-state index contributed by atoms with van der Waals surface area (Å²) in [4.78, 5) is 23.0. The number of nitrogens with one attached hydrogen (secondary N) is 2. The summed E-state index contributed by atoms with van der Waals surface area (Å²) in [7, 11) is 0. The molecule has 0 saturated heterocycles. The third-order valence-electron chi connectivity index (χ3n) is 2.94. The predicted molar refractivity (Wildman–Crippen MR) is 84.9 cm³/mol. The summed E-state index contributed by atoms with van der Waals surface area (Å²) in [6, 6.07) is 3.84. The van der Waals surface area contributed by atoms with Gasteiger partial charge < -0.3 is 15.7 Å². The first-order chi connectivity index (χ1) is 9.35. The molecular weight excluding hydrogens is 392 g/mol. The van der Waals surface area contributed by atoms with E-state index in [4.69, 9.17) is 5.11 Å². The number of aliphatic carboxylic acids is 1. The van der Waals surface area contributed by atoms with Crippen LogP contribution in [0.25, 0.3) is 0 Å². The second-order valence-corrected chi connectivity index (χ2v) is 6.19. The van der Waals surface area contributed by atoms with Crippen LogP contribution in [-0.4, -0.2) is 23.1 Å². The molecule has 110 valence electrons. The van der Waals surface area contributed by atoms with E-state index in [-0.39, 0.29) is 5.92 Å². The van der Waals surface area contributed by atoms with E-state index >= 15 is 0 Å². The minimum atomic E-state index is -1.04. The van der Waals surface area contributed by atoms with E-state index in [0.717, 1.165) is 4.47 Å². The Balaban J connectivity index is 2.73. The van der Waals surface area contributed by atoms with Crippen LogP contribution in [0.15, 0.2) is 27.1 Å². The molecule has 0 saturated carbocycles. The monoisotopic (exact) mass is 406 g/mol. The van der Waals surface area contributed by atoms with Gasteiger partial charge in [-0.2, -0.15) is 0 Å². The lowest BCUT2D eigenvalue weighted by Crippen LogP contribution is -2.46. The fourth-order valence-corrected chi connectivity index (χ4v) is 2.72. The first-order valence-electron chi connectivity index (χ1n) is 6.10. The second kappa shape index (κ2) is 7.64. The van der Waals surface area contributed by atoms with Crippen molar-refractivity contribution in [2.24, 2.45) is 5.92 Å². The van der Waals surface area contributed by atoms with Crippen molar-refractivity contribution in [2.75, 3.05) is 5.32 Å². The third kappa shape index (κ3) is 4.79. The number of rotatable bonds is 5. The zero-order valence-electron chi connectivity index (χ0n) is 11.1. The van der Waals surface area contributed by atoms with Crippen molar-refractivity contribution in [2.45, 2.75) is 26.3 Å². The summed E-state index contributed by atoms with van der Waals surface area (Å²) < 4.78 is 1.58. The number of carbonyl (C=O) groups excluding carboxylic acids is 1. The van der Waals surface area contributed by atoms with E-state index in [0.29, 0.717) is 16.6 Å². The lowest BCUT2D eigenvalue weighted by Gasteiger charge is -2.20. The number of hydrogen-bond donors (Lipinski definition) is 3. The van der Waals surface area contributed by atoms with Gasteiger partial charge in [-0.1, -0.05) is 36.2 Å². The minimum absolute atomic E-state index is 0.147. The Bertz CT molecular complexity index is 508. The number of anilines is 1. The highest BCUT2D eigenvalue weighted by Gasteiger charge is 2.25. The normalized spacial score (nSPS) is 13.4. The maximum Gasteiger partial charge on any atom is 0.326 e. The Morgan fingerprint density at radius 1 is 1.35 bits per heavy atom. The Morgan fingerprint density at radius 2 is 2.00 bits per heavy atom. The van der Waals surface area contributed by atoms with Crippen LogP contribution in [-0.2, 0) is 4.79 Å². The van der Waals surface area contributed by atoms with Crippen molar-refractivity contribution in [3.8, 4) is 0 Å². The number of urea groups is 1. The van der Waals surface area contributed by atoms with Crippen molar-refractivity contribution in [1.29, 1.82) is 0 Å². The number of halogens is 2. The van der Waals surface area contributed by atoms with Gasteiger partial charge in [0.05, 0.1) is 5.69 Å². The number of hydrogen-bond acceptors (Lipinski definition) is 2. The molecule has 1 aromatic carbocycles. The van der Waals surface area contributed by atoms with Gasteiger partial charge in [-0.3, -0.25) is 0 Å².